The Labute approximate surface area is 219 Å². The second-order valence-corrected chi connectivity index (χ2v) is 8.89. The lowest BCUT2D eigenvalue weighted by molar-refractivity contribution is -0.127. The van der Waals surface area contributed by atoms with E-state index < -0.39 is 0 Å². The summed E-state index contributed by atoms with van der Waals surface area (Å²) in [4.78, 5) is 22.9. The van der Waals surface area contributed by atoms with Crippen molar-refractivity contribution in [2.75, 3.05) is 27.2 Å². The van der Waals surface area contributed by atoms with Crippen molar-refractivity contribution in [1.82, 2.24) is 25.1 Å². The lowest BCUT2D eigenvalue weighted by Crippen LogP contribution is -2.46. The van der Waals surface area contributed by atoms with Crippen molar-refractivity contribution in [2.24, 2.45) is 4.99 Å². The van der Waals surface area contributed by atoms with Crippen LogP contribution < -0.4 is 10.6 Å². The summed E-state index contributed by atoms with van der Waals surface area (Å²) in [7, 11) is 3.52. The summed E-state index contributed by atoms with van der Waals surface area (Å²) in [6.07, 6.45) is 4.01. The number of guanidine groups is 1. The number of hydrogen-bond donors (Lipinski definition) is 2. The Morgan fingerprint density at radius 1 is 1.15 bits per heavy atom. The Morgan fingerprint density at radius 2 is 1.88 bits per heavy atom. The van der Waals surface area contributed by atoms with E-state index >= 15 is 0 Å². The predicted molar refractivity (Wildman–Crippen MR) is 149 cm³/mol. The largest absolute Gasteiger partial charge is 0.356 e. The molecule has 2 aromatic carbocycles. The average molecular weight is 575 g/mol. The van der Waals surface area contributed by atoms with E-state index in [4.69, 9.17) is 0 Å². The first-order valence-corrected chi connectivity index (χ1v) is 11.7. The monoisotopic (exact) mass is 574 g/mol. The fourth-order valence-corrected chi connectivity index (χ4v) is 4.38. The van der Waals surface area contributed by atoms with Crippen molar-refractivity contribution in [3.63, 3.8) is 0 Å². The van der Waals surface area contributed by atoms with Gasteiger partial charge in [0, 0.05) is 33.2 Å². The van der Waals surface area contributed by atoms with Crippen LogP contribution in [0.5, 0.6) is 0 Å². The second kappa shape index (κ2) is 12.2. The summed E-state index contributed by atoms with van der Waals surface area (Å²) in [5.41, 5.74) is 5.03. The van der Waals surface area contributed by atoms with Gasteiger partial charge >= 0.3 is 0 Å². The van der Waals surface area contributed by atoms with Crippen molar-refractivity contribution in [1.29, 1.82) is 0 Å². The van der Waals surface area contributed by atoms with E-state index in [1.807, 2.05) is 6.07 Å². The third-order valence-corrected chi connectivity index (χ3v) is 6.26. The van der Waals surface area contributed by atoms with E-state index in [2.05, 4.69) is 74.6 Å². The summed E-state index contributed by atoms with van der Waals surface area (Å²) in [6.45, 7) is 3.82. The Morgan fingerprint density at radius 3 is 2.68 bits per heavy atom. The van der Waals surface area contributed by atoms with E-state index in [-0.39, 0.29) is 36.4 Å². The van der Waals surface area contributed by atoms with Crippen molar-refractivity contribution >= 4 is 46.9 Å². The molecule has 0 saturated heterocycles. The quantitative estimate of drug-likeness (QED) is 0.196. The van der Waals surface area contributed by atoms with Gasteiger partial charge in [-0.3, -0.25) is 4.79 Å². The van der Waals surface area contributed by atoms with Crippen LogP contribution in [0.1, 0.15) is 29.8 Å². The number of nitrogens with one attached hydrogen (secondary N) is 2. The summed E-state index contributed by atoms with van der Waals surface area (Å²) in [5.74, 6) is 1.73. The van der Waals surface area contributed by atoms with Gasteiger partial charge in [0.1, 0.15) is 12.4 Å². The third-order valence-electron chi connectivity index (χ3n) is 6.26. The molecule has 182 valence electrons. The summed E-state index contributed by atoms with van der Waals surface area (Å²) >= 11 is 0. The van der Waals surface area contributed by atoms with E-state index in [1.54, 1.807) is 19.0 Å². The summed E-state index contributed by atoms with van der Waals surface area (Å²) < 4.78 is 2.26. The van der Waals surface area contributed by atoms with E-state index in [0.717, 1.165) is 50.1 Å². The van der Waals surface area contributed by atoms with Gasteiger partial charge in [0.2, 0.25) is 5.91 Å². The standard InChI is InChI=1S/C26H34N6O.HI/c1-19-29-23-11-6-7-12-24(23)32(19)16-8-15-27-26(28-18-25(33)31(2)3)30-22-14-13-20-9-4-5-10-21(20)17-22;/h4-7,9-12,22H,8,13-18H2,1-3H3,(H2,27,28,30);1H. The topological polar surface area (TPSA) is 74.5 Å². The molecule has 1 amide bonds. The number of amides is 1. The molecule has 0 aliphatic heterocycles. The fourth-order valence-electron chi connectivity index (χ4n) is 4.38. The molecule has 0 spiro atoms. The summed E-state index contributed by atoms with van der Waals surface area (Å²) in [6, 6.07) is 17.2. The number of aromatic nitrogens is 2. The van der Waals surface area contributed by atoms with Gasteiger partial charge in [-0.1, -0.05) is 36.4 Å². The van der Waals surface area contributed by atoms with Gasteiger partial charge in [0.25, 0.3) is 0 Å². The maximum Gasteiger partial charge on any atom is 0.243 e. The van der Waals surface area contributed by atoms with Crippen LogP contribution in [0.15, 0.2) is 53.5 Å². The number of aryl methyl sites for hydroxylation is 3. The van der Waals surface area contributed by atoms with Crippen LogP contribution in [0.4, 0.5) is 0 Å². The molecule has 0 fully saturated rings. The number of imidazole rings is 1. The molecule has 1 aliphatic rings. The molecule has 1 aromatic heterocycles. The zero-order chi connectivity index (χ0) is 23.2. The molecule has 1 unspecified atom stereocenters. The number of halogens is 1. The molecular formula is C26H35IN6O. The highest BCUT2D eigenvalue weighted by Gasteiger charge is 2.19. The van der Waals surface area contributed by atoms with E-state index in [1.165, 1.54) is 16.6 Å². The van der Waals surface area contributed by atoms with Gasteiger partial charge < -0.3 is 20.1 Å². The summed E-state index contributed by atoms with van der Waals surface area (Å²) in [5, 5.41) is 7.02. The van der Waals surface area contributed by atoms with Gasteiger partial charge in [0.05, 0.1) is 11.0 Å². The van der Waals surface area contributed by atoms with Crippen molar-refractivity contribution in [2.45, 2.75) is 45.2 Å². The maximum atomic E-state index is 12.1. The number of fused-ring (bicyclic) bond motifs is 2. The van der Waals surface area contributed by atoms with Gasteiger partial charge in [0.15, 0.2) is 5.96 Å². The molecule has 2 N–H and O–H groups in total. The first-order valence-electron chi connectivity index (χ1n) is 11.7. The van der Waals surface area contributed by atoms with Crippen LogP contribution in [0.3, 0.4) is 0 Å². The van der Waals surface area contributed by atoms with Gasteiger partial charge in [-0.15, -0.1) is 24.0 Å². The van der Waals surface area contributed by atoms with Crippen LogP contribution >= 0.6 is 24.0 Å². The first-order chi connectivity index (χ1) is 16.0. The number of likely N-dealkylation sites (N-methyl/N-ethyl adjacent to an activating group) is 1. The zero-order valence-corrected chi connectivity index (χ0v) is 22.6. The predicted octanol–water partition coefficient (Wildman–Crippen LogP) is 3.53. The molecule has 1 atom stereocenters. The number of benzene rings is 2. The molecule has 0 bridgehead atoms. The second-order valence-electron chi connectivity index (χ2n) is 8.89. The van der Waals surface area contributed by atoms with Crippen LogP contribution in [0.2, 0.25) is 0 Å². The normalized spacial score (nSPS) is 15.4. The van der Waals surface area contributed by atoms with Gasteiger partial charge in [-0.05, 0) is 55.9 Å². The van der Waals surface area contributed by atoms with Crippen LogP contribution in [-0.2, 0) is 24.2 Å². The maximum absolute atomic E-state index is 12.1. The molecule has 7 nitrogen and oxygen atoms in total. The lowest BCUT2D eigenvalue weighted by atomic mass is 9.88. The molecule has 1 aliphatic carbocycles. The smallest absolute Gasteiger partial charge is 0.243 e. The molecule has 8 heteroatoms. The van der Waals surface area contributed by atoms with Crippen LogP contribution in [0.25, 0.3) is 11.0 Å². The highest BCUT2D eigenvalue weighted by Crippen LogP contribution is 2.21. The van der Waals surface area contributed by atoms with Crippen molar-refractivity contribution in [3.05, 3.63) is 65.5 Å². The number of carbonyl (C=O) groups excluding carboxylic acids is 1. The highest BCUT2D eigenvalue weighted by molar-refractivity contribution is 14.0. The number of rotatable bonds is 7. The lowest BCUT2D eigenvalue weighted by Gasteiger charge is -2.27. The number of hydrogen-bond acceptors (Lipinski definition) is 3. The minimum Gasteiger partial charge on any atom is -0.356 e. The van der Waals surface area contributed by atoms with Crippen molar-refractivity contribution in [3.8, 4) is 0 Å². The van der Waals surface area contributed by atoms with Crippen LogP contribution in [0, 0.1) is 6.92 Å². The molecule has 1 heterocycles. The van der Waals surface area contributed by atoms with Gasteiger partial charge in [-0.25, -0.2) is 9.98 Å². The Balaban J connectivity index is 0.00000324. The highest BCUT2D eigenvalue weighted by atomic mass is 127. The molecule has 0 radical (unpaired) electrons. The SMILES string of the molecule is Cc1nc2ccccc2n1CCCNC(=NCC(=O)N(C)C)NC1CCc2ccccc2C1.I. The van der Waals surface area contributed by atoms with Crippen molar-refractivity contribution < 1.29 is 4.79 Å². The average Bonchev–Trinajstić information content (AvgIpc) is 3.14. The molecule has 34 heavy (non-hydrogen) atoms. The minimum absolute atomic E-state index is 0. The Bertz CT molecular complexity index is 1140. The molecular weight excluding hydrogens is 539 g/mol. The number of carbonyl (C=O) groups is 1. The van der Waals surface area contributed by atoms with Crippen LogP contribution in [-0.4, -0.2) is 59.5 Å². The molecule has 0 saturated carbocycles. The number of aliphatic imine (C=N–C) groups is 1. The van der Waals surface area contributed by atoms with Gasteiger partial charge in [-0.2, -0.15) is 0 Å². The molecule has 3 aromatic rings. The minimum atomic E-state index is -0.00870. The number of nitrogens with zero attached hydrogens (tertiary/aromatic N) is 4. The molecule has 4 rings (SSSR count). The van der Waals surface area contributed by atoms with E-state index in [0.29, 0.717) is 12.0 Å². The number of para-hydroxylation sites is 2. The van der Waals surface area contributed by atoms with E-state index in [9.17, 15) is 4.79 Å². The Kier molecular flexibility index (Phi) is 9.32. The first kappa shape index (κ1) is 26.0. The third kappa shape index (κ3) is 6.49. The fraction of sp³-hybridized carbons (Fsp3) is 0.423. The Hall–Kier alpha value is -2.62. The zero-order valence-electron chi connectivity index (χ0n) is 20.3.